The molecule has 0 aliphatic carbocycles. The van der Waals surface area contributed by atoms with Crippen LogP contribution in [0.1, 0.15) is 64.3 Å². The molecule has 1 atom stereocenters. The van der Waals surface area contributed by atoms with E-state index in [0.29, 0.717) is 6.61 Å². The fourth-order valence-electron chi connectivity index (χ4n) is 3.71. The number of thioether (sulfide) groups is 1. The molecule has 1 N–H and O–H groups in total. The number of hydrogen-bond acceptors (Lipinski definition) is 7. The predicted molar refractivity (Wildman–Crippen MR) is 127 cm³/mol. The highest BCUT2D eigenvalue weighted by Crippen LogP contribution is 2.42. The summed E-state index contributed by atoms with van der Waals surface area (Å²) in [4.78, 5) is 14.7. The molecule has 0 fully saturated rings. The summed E-state index contributed by atoms with van der Waals surface area (Å²) in [5.74, 6) is 2.07. The van der Waals surface area contributed by atoms with Gasteiger partial charge < -0.3 is 15.0 Å². The maximum Gasteiger partial charge on any atom is 0.190 e. The summed E-state index contributed by atoms with van der Waals surface area (Å²) in [7, 11) is 0. The van der Waals surface area contributed by atoms with E-state index < -0.39 is 0 Å². The topological polar surface area (TPSA) is 50.3 Å². The quantitative estimate of drug-likeness (QED) is 0.282. The van der Waals surface area contributed by atoms with E-state index in [1.54, 1.807) is 23.1 Å². The lowest BCUT2D eigenvalue weighted by Crippen LogP contribution is -2.34. The zero-order chi connectivity index (χ0) is 20.9. The van der Waals surface area contributed by atoms with Crippen molar-refractivity contribution >= 4 is 39.1 Å². The molecule has 1 aliphatic heterocycles. The molecule has 162 valence electrons. The molecule has 3 heterocycles. The van der Waals surface area contributed by atoms with Gasteiger partial charge in [0.25, 0.3) is 0 Å². The normalized spacial score (nSPS) is 19.1. The first-order chi connectivity index (χ1) is 14.0. The van der Waals surface area contributed by atoms with Crippen molar-refractivity contribution in [2.45, 2.75) is 77.7 Å². The summed E-state index contributed by atoms with van der Waals surface area (Å²) >= 11 is 3.54. The second-order valence-electron chi connectivity index (χ2n) is 7.96. The Bertz CT molecular complexity index is 806. The maximum absolute atomic E-state index is 6.19. The van der Waals surface area contributed by atoms with Gasteiger partial charge >= 0.3 is 0 Å². The van der Waals surface area contributed by atoms with E-state index in [4.69, 9.17) is 14.7 Å². The van der Waals surface area contributed by atoms with Crippen LogP contribution in [0.2, 0.25) is 0 Å². The van der Waals surface area contributed by atoms with Crippen LogP contribution in [0.4, 0.5) is 5.82 Å². The number of aromatic nitrogens is 2. The van der Waals surface area contributed by atoms with Crippen molar-refractivity contribution in [3.8, 4) is 0 Å². The third kappa shape index (κ3) is 5.43. The molecule has 29 heavy (non-hydrogen) atoms. The lowest BCUT2D eigenvalue weighted by molar-refractivity contribution is -0.0542. The monoisotopic (exact) mass is 436 g/mol. The third-order valence-corrected chi connectivity index (χ3v) is 7.99. The summed E-state index contributed by atoms with van der Waals surface area (Å²) in [5.41, 5.74) is 1.32. The van der Waals surface area contributed by atoms with Gasteiger partial charge in [-0.1, -0.05) is 39.5 Å². The fraction of sp³-hybridized carbons (Fsp3) is 0.727. The molecule has 2 aromatic rings. The van der Waals surface area contributed by atoms with Crippen LogP contribution in [0.25, 0.3) is 10.2 Å². The zero-order valence-electron chi connectivity index (χ0n) is 18.6. The molecule has 0 aromatic carbocycles. The first-order valence-corrected chi connectivity index (χ1v) is 12.9. The van der Waals surface area contributed by atoms with E-state index >= 15 is 0 Å². The Morgan fingerprint density at radius 3 is 2.69 bits per heavy atom. The molecule has 7 heteroatoms. The van der Waals surface area contributed by atoms with Crippen molar-refractivity contribution in [1.29, 1.82) is 0 Å². The van der Waals surface area contributed by atoms with Crippen molar-refractivity contribution in [3.63, 3.8) is 0 Å². The van der Waals surface area contributed by atoms with Crippen LogP contribution in [0.15, 0.2) is 5.16 Å². The first kappa shape index (κ1) is 22.8. The highest BCUT2D eigenvalue weighted by molar-refractivity contribution is 7.99. The largest absolute Gasteiger partial charge is 0.369 e. The standard InChI is InChI=1S/C22H36N4OS2/c1-6-13-28-21-24-19(23-11-10-12-26(8-3)9-4)18-16-14-22(5,7-2)27-15-17(16)29-20(18)25-21/h6-15H2,1-5H3,(H,23,24,25)/t22-/m0/s1. The Morgan fingerprint density at radius 1 is 1.21 bits per heavy atom. The van der Waals surface area contributed by atoms with E-state index in [1.807, 2.05) is 0 Å². The summed E-state index contributed by atoms with van der Waals surface area (Å²) in [6, 6.07) is 0. The number of nitrogens with one attached hydrogen (secondary N) is 1. The average molecular weight is 437 g/mol. The summed E-state index contributed by atoms with van der Waals surface area (Å²) < 4.78 is 6.19. The third-order valence-electron chi connectivity index (χ3n) is 5.84. The Kier molecular flexibility index (Phi) is 8.19. The minimum atomic E-state index is -0.0866. The number of hydrogen-bond donors (Lipinski definition) is 1. The van der Waals surface area contributed by atoms with Gasteiger partial charge in [0.2, 0.25) is 0 Å². The lowest BCUT2D eigenvalue weighted by Gasteiger charge is -2.33. The van der Waals surface area contributed by atoms with Crippen LogP contribution < -0.4 is 5.32 Å². The van der Waals surface area contributed by atoms with Gasteiger partial charge in [-0.25, -0.2) is 9.97 Å². The SMILES string of the molecule is CCCSc1nc(NCCCN(CC)CC)c2c3c(sc2n1)CO[C@@](C)(CC)C3. The Labute approximate surface area is 184 Å². The lowest BCUT2D eigenvalue weighted by atomic mass is 9.90. The van der Waals surface area contributed by atoms with Gasteiger partial charge in [-0.2, -0.15) is 0 Å². The van der Waals surface area contributed by atoms with Crippen molar-refractivity contribution in [2.24, 2.45) is 0 Å². The van der Waals surface area contributed by atoms with Gasteiger partial charge in [0.1, 0.15) is 10.6 Å². The number of anilines is 1. The molecule has 2 aromatic heterocycles. The molecule has 0 bridgehead atoms. The van der Waals surface area contributed by atoms with Crippen molar-refractivity contribution in [3.05, 3.63) is 10.4 Å². The number of rotatable bonds is 11. The Morgan fingerprint density at radius 2 is 2.00 bits per heavy atom. The van der Waals surface area contributed by atoms with Gasteiger partial charge in [0.15, 0.2) is 5.16 Å². The minimum absolute atomic E-state index is 0.0866. The van der Waals surface area contributed by atoms with Crippen LogP contribution >= 0.6 is 23.1 Å². The summed E-state index contributed by atoms with van der Waals surface area (Å²) in [6.45, 7) is 16.1. The number of fused-ring (bicyclic) bond motifs is 3. The van der Waals surface area contributed by atoms with Crippen LogP contribution in [-0.4, -0.2) is 52.4 Å². The van der Waals surface area contributed by atoms with Gasteiger partial charge in [-0.05, 0) is 51.4 Å². The summed E-state index contributed by atoms with van der Waals surface area (Å²) in [6.07, 6.45) is 4.20. The van der Waals surface area contributed by atoms with Crippen LogP contribution in [-0.2, 0) is 17.8 Å². The van der Waals surface area contributed by atoms with Gasteiger partial charge in [0.05, 0.1) is 17.6 Å². The molecular weight excluding hydrogens is 400 g/mol. The van der Waals surface area contributed by atoms with Gasteiger partial charge in [-0.15, -0.1) is 11.3 Å². The van der Waals surface area contributed by atoms with Gasteiger partial charge in [0, 0.05) is 23.6 Å². The first-order valence-electron chi connectivity index (χ1n) is 11.1. The molecule has 0 spiro atoms. The van der Waals surface area contributed by atoms with Crippen LogP contribution in [0.3, 0.4) is 0 Å². The minimum Gasteiger partial charge on any atom is -0.369 e. The highest BCUT2D eigenvalue weighted by Gasteiger charge is 2.33. The Hall–Kier alpha value is -0.890. The van der Waals surface area contributed by atoms with E-state index in [9.17, 15) is 0 Å². The van der Waals surface area contributed by atoms with Crippen LogP contribution in [0.5, 0.6) is 0 Å². The fourth-order valence-corrected chi connectivity index (χ4v) is 5.57. The molecular formula is C22H36N4OS2. The van der Waals surface area contributed by atoms with Gasteiger partial charge in [-0.3, -0.25) is 0 Å². The molecule has 3 rings (SSSR count). The van der Waals surface area contributed by atoms with Crippen molar-refractivity contribution < 1.29 is 4.74 Å². The zero-order valence-corrected chi connectivity index (χ0v) is 20.3. The number of thiophene rings is 1. The average Bonchev–Trinajstić information content (AvgIpc) is 3.09. The molecule has 0 saturated carbocycles. The summed E-state index contributed by atoms with van der Waals surface area (Å²) in [5, 5.41) is 5.79. The molecule has 0 saturated heterocycles. The molecule has 0 unspecified atom stereocenters. The van der Waals surface area contributed by atoms with E-state index in [0.717, 1.165) is 73.4 Å². The second kappa shape index (κ2) is 10.4. The van der Waals surface area contributed by atoms with E-state index in [1.165, 1.54) is 15.8 Å². The van der Waals surface area contributed by atoms with E-state index in [2.05, 4.69) is 44.8 Å². The van der Waals surface area contributed by atoms with E-state index in [-0.39, 0.29) is 5.60 Å². The number of nitrogens with zero attached hydrogens (tertiary/aromatic N) is 3. The van der Waals surface area contributed by atoms with Crippen molar-refractivity contribution in [1.82, 2.24) is 14.9 Å². The maximum atomic E-state index is 6.19. The van der Waals surface area contributed by atoms with Crippen LogP contribution in [0, 0.1) is 0 Å². The Balaban J connectivity index is 1.87. The highest BCUT2D eigenvalue weighted by atomic mass is 32.2. The second-order valence-corrected chi connectivity index (χ2v) is 10.1. The molecule has 1 aliphatic rings. The van der Waals surface area contributed by atoms with Crippen molar-refractivity contribution in [2.75, 3.05) is 37.2 Å². The predicted octanol–water partition coefficient (Wildman–Crippen LogP) is 5.58. The molecule has 0 radical (unpaired) electrons. The molecule has 0 amide bonds. The number of ether oxygens (including phenoxy) is 1. The smallest absolute Gasteiger partial charge is 0.190 e. The molecule has 5 nitrogen and oxygen atoms in total.